The molecule has 0 spiro atoms. The summed E-state index contributed by atoms with van der Waals surface area (Å²) < 4.78 is 5.39. The SMILES string of the molecule is Cc1ccc(C=CC(=O)NCc2cccc(N3CCCCC3=O)c2)o1. The van der Waals surface area contributed by atoms with Crippen molar-refractivity contribution < 1.29 is 14.0 Å². The quantitative estimate of drug-likeness (QED) is 0.850. The molecule has 2 amide bonds. The van der Waals surface area contributed by atoms with Crippen molar-refractivity contribution in [3.63, 3.8) is 0 Å². The molecule has 5 nitrogen and oxygen atoms in total. The predicted molar refractivity (Wildman–Crippen MR) is 97.0 cm³/mol. The van der Waals surface area contributed by atoms with Crippen molar-refractivity contribution in [2.75, 3.05) is 11.4 Å². The van der Waals surface area contributed by atoms with E-state index in [4.69, 9.17) is 4.42 Å². The summed E-state index contributed by atoms with van der Waals surface area (Å²) in [5.74, 6) is 1.44. The van der Waals surface area contributed by atoms with E-state index in [1.807, 2.05) is 48.2 Å². The van der Waals surface area contributed by atoms with Gasteiger partial charge in [0.25, 0.3) is 0 Å². The molecule has 3 rings (SSSR count). The molecule has 1 aliphatic heterocycles. The first-order chi connectivity index (χ1) is 12.1. The van der Waals surface area contributed by atoms with E-state index in [0.717, 1.165) is 36.4 Å². The third-order valence-electron chi connectivity index (χ3n) is 4.17. The first-order valence-electron chi connectivity index (χ1n) is 8.53. The number of aryl methyl sites for hydroxylation is 1. The number of hydrogen-bond acceptors (Lipinski definition) is 3. The average Bonchev–Trinajstić information content (AvgIpc) is 3.04. The Hall–Kier alpha value is -2.82. The van der Waals surface area contributed by atoms with Crippen LogP contribution in [-0.4, -0.2) is 18.4 Å². The van der Waals surface area contributed by atoms with E-state index in [0.29, 0.717) is 18.7 Å². The van der Waals surface area contributed by atoms with Gasteiger partial charge in [-0.3, -0.25) is 9.59 Å². The van der Waals surface area contributed by atoms with E-state index in [-0.39, 0.29) is 11.8 Å². The van der Waals surface area contributed by atoms with Crippen molar-refractivity contribution in [1.29, 1.82) is 0 Å². The van der Waals surface area contributed by atoms with Crippen molar-refractivity contribution in [1.82, 2.24) is 5.32 Å². The van der Waals surface area contributed by atoms with Crippen molar-refractivity contribution in [3.05, 3.63) is 59.6 Å². The minimum atomic E-state index is -0.187. The van der Waals surface area contributed by atoms with Gasteiger partial charge in [0.15, 0.2) is 0 Å². The topological polar surface area (TPSA) is 62.6 Å². The van der Waals surface area contributed by atoms with Crippen LogP contribution in [0.5, 0.6) is 0 Å². The summed E-state index contributed by atoms with van der Waals surface area (Å²) in [6, 6.07) is 11.4. The van der Waals surface area contributed by atoms with Crippen LogP contribution in [0.1, 0.15) is 36.3 Å². The van der Waals surface area contributed by atoms with E-state index in [1.54, 1.807) is 6.08 Å². The zero-order chi connectivity index (χ0) is 17.6. The zero-order valence-electron chi connectivity index (χ0n) is 14.3. The van der Waals surface area contributed by atoms with E-state index < -0.39 is 0 Å². The van der Waals surface area contributed by atoms with E-state index in [1.165, 1.54) is 6.08 Å². The minimum Gasteiger partial charge on any atom is -0.462 e. The summed E-state index contributed by atoms with van der Waals surface area (Å²) in [5.41, 5.74) is 1.87. The summed E-state index contributed by atoms with van der Waals surface area (Å²) in [5, 5.41) is 2.85. The van der Waals surface area contributed by atoms with Crippen LogP contribution in [0.2, 0.25) is 0 Å². The molecule has 25 heavy (non-hydrogen) atoms. The van der Waals surface area contributed by atoms with Crippen molar-refractivity contribution in [2.45, 2.75) is 32.7 Å². The predicted octanol–water partition coefficient (Wildman–Crippen LogP) is 3.43. The fraction of sp³-hybridized carbons (Fsp3) is 0.300. The molecule has 1 aliphatic rings. The summed E-state index contributed by atoms with van der Waals surface area (Å²) in [6.07, 6.45) is 5.70. The van der Waals surface area contributed by atoms with Gasteiger partial charge in [0.1, 0.15) is 11.5 Å². The fourth-order valence-electron chi connectivity index (χ4n) is 2.86. The second-order valence-corrected chi connectivity index (χ2v) is 6.17. The highest BCUT2D eigenvalue weighted by atomic mass is 16.3. The molecule has 1 N–H and O–H groups in total. The molecule has 0 atom stereocenters. The monoisotopic (exact) mass is 338 g/mol. The second kappa shape index (κ2) is 7.83. The Labute approximate surface area is 147 Å². The van der Waals surface area contributed by atoms with Gasteiger partial charge in [0.05, 0.1) is 0 Å². The van der Waals surface area contributed by atoms with Crippen LogP contribution in [0.15, 0.2) is 46.9 Å². The Morgan fingerprint density at radius 2 is 2.16 bits per heavy atom. The van der Waals surface area contributed by atoms with Gasteiger partial charge < -0.3 is 14.6 Å². The van der Waals surface area contributed by atoms with Gasteiger partial charge in [-0.25, -0.2) is 0 Å². The molecule has 1 fully saturated rings. The number of carbonyl (C=O) groups excluding carboxylic acids is 2. The van der Waals surface area contributed by atoms with E-state index >= 15 is 0 Å². The first kappa shape index (κ1) is 17.0. The number of rotatable bonds is 5. The molecule has 1 saturated heterocycles. The molecule has 0 bridgehead atoms. The maximum Gasteiger partial charge on any atom is 0.244 e. The lowest BCUT2D eigenvalue weighted by atomic mass is 10.1. The molecular weight excluding hydrogens is 316 g/mol. The lowest BCUT2D eigenvalue weighted by Gasteiger charge is -2.27. The Kier molecular flexibility index (Phi) is 5.33. The smallest absolute Gasteiger partial charge is 0.244 e. The van der Waals surface area contributed by atoms with Crippen molar-refractivity contribution in [3.8, 4) is 0 Å². The number of nitrogens with zero attached hydrogens (tertiary/aromatic N) is 1. The summed E-state index contributed by atoms with van der Waals surface area (Å²) in [6.45, 7) is 3.04. The summed E-state index contributed by atoms with van der Waals surface area (Å²) >= 11 is 0. The Morgan fingerprint density at radius 1 is 1.28 bits per heavy atom. The van der Waals surface area contributed by atoms with Gasteiger partial charge in [0.2, 0.25) is 11.8 Å². The van der Waals surface area contributed by atoms with Crippen LogP contribution in [0.4, 0.5) is 5.69 Å². The fourth-order valence-corrected chi connectivity index (χ4v) is 2.86. The lowest BCUT2D eigenvalue weighted by molar-refractivity contribution is -0.119. The number of anilines is 1. The minimum absolute atomic E-state index is 0.170. The number of benzene rings is 1. The van der Waals surface area contributed by atoms with E-state index in [9.17, 15) is 9.59 Å². The molecule has 5 heteroatoms. The van der Waals surface area contributed by atoms with Crippen LogP contribution >= 0.6 is 0 Å². The Morgan fingerprint density at radius 3 is 2.92 bits per heavy atom. The zero-order valence-corrected chi connectivity index (χ0v) is 14.3. The molecule has 130 valence electrons. The van der Waals surface area contributed by atoms with Crippen LogP contribution in [-0.2, 0) is 16.1 Å². The van der Waals surface area contributed by atoms with Crippen LogP contribution in [0.3, 0.4) is 0 Å². The van der Waals surface area contributed by atoms with Gasteiger partial charge in [-0.05, 0) is 55.7 Å². The largest absolute Gasteiger partial charge is 0.462 e. The van der Waals surface area contributed by atoms with Crippen LogP contribution in [0.25, 0.3) is 6.08 Å². The number of piperidine rings is 1. The molecule has 1 aromatic carbocycles. The third-order valence-corrected chi connectivity index (χ3v) is 4.17. The molecule has 0 aliphatic carbocycles. The number of carbonyl (C=O) groups is 2. The standard InChI is InChI=1S/C20H22N2O3/c1-15-8-9-18(25-15)10-11-19(23)21-14-16-5-4-6-17(13-16)22-12-3-2-7-20(22)24/h4-6,8-11,13H,2-3,7,12,14H2,1H3,(H,21,23). The Balaban J connectivity index is 1.57. The molecule has 2 heterocycles. The Bertz CT molecular complexity index is 792. The normalized spacial score (nSPS) is 14.9. The van der Waals surface area contributed by atoms with Gasteiger partial charge in [0, 0.05) is 31.3 Å². The third kappa shape index (κ3) is 4.59. The average molecular weight is 338 g/mol. The highest BCUT2D eigenvalue weighted by Gasteiger charge is 2.19. The molecule has 0 unspecified atom stereocenters. The summed E-state index contributed by atoms with van der Waals surface area (Å²) in [4.78, 5) is 25.8. The number of furan rings is 1. The number of nitrogens with one attached hydrogen (secondary N) is 1. The number of amides is 2. The summed E-state index contributed by atoms with van der Waals surface area (Å²) in [7, 11) is 0. The van der Waals surface area contributed by atoms with Gasteiger partial charge in [-0.2, -0.15) is 0 Å². The molecular formula is C20H22N2O3. The molecule has 0 radical (unpaired) electrons. The van der Waals surface area contributed by atoms with E-state index in [2.05, 4.69) is 5.32 Å². The first-order valence-corrected chi connectivity index (χ1v) is 8.53. The molecule has 1 aromatic heterocycles. The van der Waals surface area contributed by atoms with Crippen LogP contribution < -0.4 is 10.2 Å². The highest BCUT2D eigenvalue weighted by molar-refractivity contribution is 5.94. The maximum atomic E-state index is 12.0. The lowest BCUT2D eigenvalue weighted by Crippen LogP contribution is -2.35. The van der Waals surface area contributed by atoms with Gasteiger partial charge in [-0.1, -0.05) is 12.1 Å². The highest BCUT2D eigenvalue weighted by Crippen LogP contribution is 2.21. The second-order valence-electron chi connectivity index (χ2n) is 6.17. The molecule has 2 aromatic rings. The van der Waals surface area contributed by atoms with Gasteiger partial charge >= 0.3 is 0 Å². The number of hydrogen-bond donors (Lipinski definition) is 1. The molecule has 0 saturated carbocycles. The van der Waals surface area contributed by atoms with Crippen LogP contribution in [0, 0.1) is 6.92 Å². The van der Waals surface area contributed by atoms with Crippen molar-refractivity contribution in [2.24, 2.45) is 0 Å². The van der Waals surface area contributed by atoms with Gasteiger partial charge in [-0.15, -0.1) is 0 Å². The maximum absolute atomic E-state index is 12.0. The van der Waals surface area contributed by atoms with Crippen molar-refractivity contribution >= 4 is 23.6 Å².